The molecule has 0 unspecified atom stereocenters. The minimum atomic E-state index is -3.54. The molecular formula is C19H23ClN4O4S. The molecule has 29 heavy (non-hydrogen) atoms. The summed E-state index contributed by atoms with van der Waals surface area (Å²) in [6.45, 7) is 4.26. The quantitative estimate of drug-likeness (QED) is 0.555. The highest BCUT2D eigenvalue weighted by Gasteiger charge is 2.21. The predicted octanol–water partition coefficient (Wildman–Crippen LogP) is 2.52. The first-order valence-electron chi connectivity index (χ1n) is 8.92. The number of carbonyl (C=O) groups is 2. The van der Waals surface area contributed by atoms with Gasteiger partial charge in [-0.1, -0.05) is 25.4 Å². The number of halogens is 1. The van der Waals surface area contributed by atoms with E-state index in [0.29, 0.717) is 24.5 Å². The van der Waals surface area contributed by atoms with Gasteiger partial charge < -0.3 is 16.4 Å². The lowest BCUT2D eigenvalue weighted by Crippen LogP contribution is -2.30. The normalized spacial score (nSPS) is 11.3. The third kappa shape index (κ3) is 5.69. The van der Waals surface area contributed by atoms with Crippen molar-refractivity contribution in [2.75, 3.05) is 30.3 Å². The summed E-state index contributed by atoms with van der Waals surface area (Å²) < 4.78 is 26.3. The van der Waals surface area contributed by atoms with Crippen LogP contribution in [-0.2, 0) is 14.8 Å². The molecule has 0 heterocycles. The second-order valence-electron chi connectivity index (χ2n) is 6.07. The van der Waals surface area contributed by atoms with E-state index in [1.165, 1.54) is 40.7 Å². The maximum absolute atomic E-state index is 12.5. The molecule has 10 heteroatoms. The maximum Gasteiger partial charge on any atom is 0.250 e. The monoisotopic (exact) mass is 438 g/mol. The lowest BCUT2D eigenvalue weighted by Gasteiger charge is -2.18. The molecule has 2 amide bonds. The Morgan fingerprint density at radius 2 is 1.62 bits per heavy atom. The van der Waals surface area contributed by atoms with Gasteiger partial charge in [0.25, 0.3) is 0 Å². The van der Waals surface area contributed by atoms with Gasteiger partial charge in [0.1, 0.15) is 0 Å². The number of benzene rings is 2. The molecule has 0 atom stereocenters. The van der Waals surface area contributed by atoms with E-state index in [1.54, 1.807) is 19.9 Å². The predicted molar refractivity (Wildman–Crippen MR) is 114 cm³/mol. The maximum atomic E-state index is 12.5. The molecule has 0 aliphatic rings. The highest BCUT2D eigenvalue weighted by atomic mass is 35.5. The van der Waals surface area contributed by atoms with Crippen molar-refractivity contribution in [3.8, 4) is 0 Å². The molecule has 2 aromatic rings. The summed E-state index contributed by atoms with van der Waals surface area (Å²) in [4.78, 5) is 23.5. The van der Waals surface area contributed by atoms with E-state index in [-0.39, 0.29) is 27.9 Å². The van der Waals surface area contributed by atoms with Gasteiger partial charge in [0.05, 0.1) is 22.0 Å². The van der Waals surface area contributed by atoms with E-state index >= 15 is 0 Å². The number of nitrogens with one attached hydrogen (secondary N) is 2. The van der Waals surface area contributed by atoms with Gasteiger partial charge in [-0.2, -0.15) is 4.31 Å². The summed E-state index contributed by atoms with van der Waals surface area (Å²) in [6, 6.07) is 10.5. The van der Waals surface area contributed by atoms with E-state index < -0.39 is 15.9 Å². The van der Waals surface area contributed by atoms with Crippen LogP contribution in [0.25, 0.3) is 0 Å². The van der Waals surface area contributed by atoms with Crippen LogP contribution in [0.15, 0.2) is 47.4 Å². The third-order valence-electron chi connectivity index (χ3n) is 4.17. The number of nitrogens with zero attached hydrogens (tertiary/aromatic N) is 1. The number of hydrogen-bond donors (Lipinski definition) is 3. The smallest absolute Gasteiger partial charge is 0.250 e. The number of amides is 2. The van der Waals surface area contributed by atoms with Crippen LogP contribution in [0.3, 0.4) is 0 Å². The molecule has 4 N–H and O–H groups in total. The van der Waals surface area contributed by atoms with Gasteiger partial charge in [-0.15, -0.1) is 0 Å². The molecule has 0 saturated heterocycles. The molecule has 2 rings (SSSR count). The molecule has 8 nitrogen and oxygen atoms in total. The summed E-state index contributed by atoms with van der Waals surface area (Å²) >= 11 is 5.97. The average Bonchev–Trinajstić information content (AvgIpc) is 2.67. The van der Waals surface area contributed by atoms with Crippen LogP contribution in [0, 0.1) is 0 Å². The zero-order chi connectivity index (χ0) is 21.6. The van der Waals surface area contributed by atoms with Crippen LogP contribution < -0.4 is 16.4 Å². The van der Waals surface area contributed by atoms with E-state index in [4.69, 9.17) is 17.3 Å². The van der Waals surface area contributed by atoms with Crippen LogP contribution >= 0.6 is 11.6 Å². The molecule has 0 aromatic heterocycles. The van der Waals surface area contributed by atoms with E-state index in [2.05, 4.69) is 10.6 Å². The van der Waals surface area contributed by atoms with Crippen LogP contribution in [0.5, 0.6) is 0 Å². The van der Waals surface area contributed by atoms with Gasteiger partial charge in [-0.25, -0.2) is 8.42 Å². The second kappa shape index (κ2) is 9.73. The van der Waals surface area contributed by atoms with Gasteiger partial charge >= 0.3 is 0 Å². The summed E-state index contributed by atoms with van der Waals surface area (Å²) in [5, 5.41) is 5.75. The van der Waals surface area contributed by atoms with Gasteiger partial charge in [0, 0.05) is 24.5 Å². The Morgan fingerprint density at radius 1 is 1.03 bits per heavy atom. The number of rotatable bonds is 9. The van der Waals surface area contributed by atoms with E-state index in [0.717, 1.165) is 0 Å². The fourth-order valence-electron chi connectivity index (χ4n) is 2.64. The Balaban J connectivity index is 1.98. The van der Waals surface area contributed by atoms with Crippen LogP contribution in [0.4, 0.5) is 11.4 Å². The molecule has 0 aliphatic carbocycles. The second-order valence-corrected chi connectivity index (χ2v) is 8.42. The number of sulfonamides is 1. The summed E-state index contributed by atoms with van der Waals surface area (Å²) in [5.41, 5.74) is 6.41. The average molecular weight is 439 g/mol. The lowest BCUT2D eigenvalue weighted by molar-refractivity contribution is -0.114. The molecule has 0 saturated carbocycles. The molecule has 0 radical (unpaired) electrons. The third-order valence-corrected chi connectivity index (χ3v) is 6.55. The number of anilines is 2. The summed E-state index contributed by atoms with van der Waals surface area (Å²) in [6.07, 6.45) is 0. The highest BCUT2D eigenvalue weighted by molar-refractivity contribution is 7.89. The number of primary amides is 1. The van der Waals surface area contributed by atoms with Crippen molar-refractivity contribution in [2.24, 2.45) is 5.73 Å². The summed E-state index contributed by atoms with van der Waals surface area (Å²) in [5.74, 6) is -0.967. The van der Waals surface area contributed by atoms with Gasteiger partial charge in [-0.3, -0.25) is 9.59 Å². The Hall–Kier alpha value is -2.62. The minimum Gasteiger partial charge on any atom is -0.376 e. The molecule has 156 valence electrons. The van der Waals surface area contributed by atoms with Gasteiger partial charge in [-0.05, 0) is 42.5 Å². The van der Waals surface area contributed by atoms with Gasteiger partial charge in [0.2, 0.25) is 21.8 Å². The molecule has 0 fully saturated rings. The first-order chi connectivity index (χ1) is 13.7. The van der Waals surface area contributed by atoms with Crippen LogP contribution in [-0.4, -0.2) is 44.2 Å². The van der Waals surface area contributed by atoms with Crippen molar-refractivity contribution < 1.29 is 18.0 Å². The molecule has 2 aromatic carbocycles. The fraction of sp³-hybridized carbons (Fsp3) is 0.263. The first-order valence-corrected chi connectivity index (χ1v) is 10.7. The Labute approximate surface area is 175 Å². The molecule has 0 spiro atoms. The number of carbonyl (C=O) groups excluding carboxylic acids is 2. The minimum absolute atomic E-state index is 0.0499. The molecule has 0 bridgehead atoms. The zero-order valence-corrected chi connectivity index (χ0v) is 17.7. The SMILES string of the molecule is CCN(CC)S(=O)(=O)c1ccc(NC(=O)CNc2ccc(C(N)=O)c(Cl)c2)cc1. The summed E-state index contributed by atoms with van der Waals surface area (Å²) in [7, 11) is -3.54. The van der Waals surface area contributed by atoms with Gasteiger partial charge in [0.15, 0.2) is 0 Å². The van der Waals surface area contributed by atoms with E-state index in [9.17, 15) is 18.0 Å². The van der Waals surface area contributed by atoms with Crippen molar-refractivity contribution in [2.45, 2.75) is 18.7 Å². The van der Waals surface area contributed by atoms with Crippen molar-refractivity contribution in [3.05, 3.63) is 53.1 Å². The number of hydrogen-bond acceptors (Lipinski definition) is 5. The largest absolute Gasteiger partial charge is 0.376 e. The Kier molecular flexibility index (Phi) is 7.60. The van der Waals surface area contributed by atoms with Crippen molar-refractivity contribution in [1.29, 1.82) is 0 Å². The lowest BCUT2D eigenvalue weighted by atomic mass is 10.2. The Bertz CT molecular complexity index is 990. The van der Waals surface area contributed by atoms with Crippen molar-refractivity contribution in [1.82, 2.24) is 4.31 Å². The zero-order valence-electron chi connectivity index (χ0n) is 16.1. The topological polar surface area (TPSA) is 122 Å². The standard InChI is InChI=1S/C19H23ClN4O4S/c1-3-24(4-2)29(27,28)15-8-5-13(6-9-15)23-18(25)12-22-14-7-10-16(19(21)26)17(20)11-14/h5-11,22H,3-4,12H2,1-2H3,(H2,21,26)(H,23,25). The van der Waals surface area contributed by atoms with Crippen LogP contribution in [0.2, 0.25) is 5.02 Å². The first kappa shape index (κ1) is 22.7. The number of nitrogens with two attached hydrogens (primary N) is 1. The van der Waals surface area contributed by atoms with Crippen molar-refractivity contribution >= 4 is 44.8 Å². The highest BCUT2D eigenvalue weighted by Crippen LogP contribution is 2.21. The Morgan fingerprint density at radius 3 is 2.14 bits per heavy atom. The van der Waals surface area contributed by atoms with Crippen molar-refractivity contribution in [3.63, 3.8) is 0 Å². The molecular weight excluding hydrogens is 416 g/mol. The van der Waals surface area contributed by atoms with E-state index in [1.807, 2.05) is 0 Å². The molecule has 0 aliphatic heterocycles. The van der Waals surface area contributed by atoms with Crippen LogP contribution in [0.1, 0.15) is 24.2 Å². The fourth-order valence-corrected chi connectivity index (χ4v) is 4.37.